The number of carbonyl (C=O) groups excluding carboxylic acids is 2. The van der Waals surface area contributed by atoms with E-state index in [4.69, 9.17) is 59.0 Å². The van der Waals surface area contributed by atoms with E-state index in [1.165, 1.54) is 59.3 Å². The van der Waals surface area contributed by atoms with Crippen LogP contribution in [0.15, 0.2) is 48.6 Å². The SMILES string of the molecule is C.CCCCOC(=O)C1=CN([C@@H]2O[C@H](CO)[C@H](O)C2O)C=CC1.CCCCOC(=O)c1ccc[n+]([C@@H]2O[C@H](CO)[C@H](O)C2O)c1.O=S(=O)([O-])C(F)(F)F.O=S(=O)=S(=O)=O.[Na][Na]. The quantitative estimate of drug-likeness (QED) is 0.0330. The first kappa shape index (κ1) is 61.5. The summed E-state index contributed by atoms with van der Waals surface area (Å²) in [5.41, 5.74) is -4.86. The van der Waals surface area contributed by atoms with Gasteiger partial charge in [0, 0.05) is 24.9 Å². The molecule has 1 aromatic heterocycles. The number of carbonyl (C=O) groups is 2. The number of pyridine rings is 1. The van der Waals surface area contributed by atoms with E-state index in [-0.39, 0.29) is 14.0 Å². The van der Waals surface area contributed by atoms with Crippen LogP contribution in [0.2, 0.25) is 0 Å². The number of unbranched alkanes of at least 4 members (excludes halogenated alkanes) is 2. The molecule has 0 aromatic carbocycles. The summed E-state index contributed by atoms with van der Waals surface area (Å²) in [6, 6.07) is 3.23. The Morgan fingerprint density at radius 1 is 0.902 bits per heavy atom. The third kappa shape index (κ3) is 21.3. The van der Waals surface area contributed by atoms with Crippen molar-refractivity contribution in [1.82, 2.24) is 4.90 Å². The molecule has 6 N–H and O–H groups in total. The van der Waals surface area contributed by atoms with Crippen molar-refractivity contribution in [2.24, 2.45) is 0 Å². The molecule has 0 spiro atoms. The first-order valence-electron chi connectivity index (χ1n) is 18.0. The Labute approximate surface area is 381 Å². The zero-order valence-electron chi connectivity index (χ0n) is 32.8. The zero-order valence-corrected chi connectivity index (χ0v) is 39.2. The second kappa shape index (κ2) is 31.3. The van der Waals surface area contributed by atoms with Crippen molar-refractivity contribution in [3.63, 3.8) is 0 Å². The number of rotatable bonds is 12. The van der Waals surface area contributed by atoms with Gasteiger partial charge in [-0.1, -0.05) is 40.2 Å². The molecule has 2 saturated heterocycles. The van der Waals surface area contributed by atoms with Crippen molar-refractivity contribution >= 4 is 84.2 Å². The van der Waals surface area contributed by atoms with Gasteiger partial charge in [0.25, 0.3) is 6.23 Å². The Hall–Kier alpha value is -1.61. The third-order valence-electron chi connectivity index (χ3n) is 7.72. The average Bonchev–Trinajstić information content (AvgIpc) is 3.67. The molecule has 3 aliphatic heterocycles. The monoisotopic (exact) mass is 964 g/mol. The van der Waals surface area contributed by atoms with Crippen LogP contribution < -0.4 is 4.57 Å². The van der Waals surface area contributed by atoms with Crippen molar-refractivity contribution < 1.29 is 107 Å². The van der Waals surface area contributed by atoms with Gasteiger partial charge in [0.15, 0.2) is 34.8 Å². The van der Waals surface area contributed by atoms with Gasteiger partial charge in [0.2, 0.25) is 0 Å². The van der Waals surface area contributed by atoms with Crippen LogP contribution in [0.5, 0.6) is 0 Å². The molecule has 0 saturated carbocycles. The van der Waals surface area contributed by atoms with Crippen molar-refractivity contribution in [1.29, 1.82) is 0 Å². The Morgan fingerprint density at radius 3 is 1.80 bits per heavy atom. The molecule has 29 heteroatoms. The van der Waals surface area contributed by atoms with Crippen molar-refractivity contribution in [3.8, 4) is 0 Å². The molecule has 3 aliphatic rings. The van der Waals surface area contributed by atoms with E-state index in [0.717, 1.165) is 25.7 Å². The van der Waals surface area contributed by atoms with E-state index in [1.54, 1.807) is 36.8 Å². The molecule has 2 unspecified atom stereocenters. The summed E-state index contributed by atoms with van der Waals surface area (Å²) in [7, 11) is -12.0. The Morgan fingerprint density at radius 2 is 1.38 bits per heavy atom. The fourth-order valence-electron chi connectivity index (χ4n) is 4.69. The van der Waals surface area contributed by atoms with Gasteiger partial charge in [-0.3, -0.25) is 0 Å². The van der Waals surface area contributed by atoms with Crippen LogP contribution in [0.1, 0.15) is 70.0 Å². The minimum atomic E-state index is -6.09. The summed E-state index contributed by atoms with van der Waals surface area (Å²) in [6.07, 6.45) is 3.90. The molecule has 0 bridgehead atoms. The number of esters is 2. The molecule has 0 amide bonds. The second-order valence-corrected chi connectivity index (χ2v) is 15.8. The van der Waals surface area contributed by atoms with Crippen LogP contribution in [-0.4, -0.2) is 196 Å². The van der Waals surface area contributed by atoms with Gasteiger partial charge >= 0.3 is 79.6 Å². The van der Waals surface area contributed by atoms with E-state index >= 15 is 0 Å². The summed E-state index contributed by atoms with van der Waals surface area (Å²) < 4.78 is 118. The van der Waals surface area contributed by atoms with Gasteiger partial charge in [-0.25, -0.2) is 18.0 Å². The summed E-state index contributed by atoms with van der Waals surface area (Å²) in [4.78, 5) is 25.4. The zero-order chi connectivity index (χ0) is 46.4. The van der Waals surface area contributed by atoms with E-state index < -0.39 is 102 Å². The molecule has 342 valence electrons. The molecular formula is C32H49F3N2Na2O19S3. The van der Waals surface area contributed by atoms with Crippen molar-refractivity contribution in [2.45, 2.75) is 108 Å². The number of hydrogen-bond acceptors (Lipinski definition) is 20. The fraction of sp³-hybridized carbons (Fsp3) is 0.656. The topological polar surface area (TPSA) is 325 Å². The maximum absolute atomic E-state index is 12.0. The number of aromatic nitrogens is 1. The first-order chi connectivity index (χ1) is 28.1. The third-order valence-corrected chi connectivity index (χ3v) is 9.17. The minimum absolute atomic E-state index is 0. The van der Waals surface area contributed by atoms with Gasteiger partial charge in [0.1, 0.15) is 36.1 Å². The predicted molar refractivity (Wildman–Crippen MR) is 204 cm³/mol. The molecule has 4 heterocycles. The van der Waals surface area contributed by atoms with E-state index in [1.807, 2.05) is 13.8 Å². The van der Waals surface area contributed by atoms with Crippen LogP contribution in [0.3, 0.4) is 0 Å². The molecule has 0 radical (unpaired) electrons. The van der Waals surface area contributed by atoms with Crippen molar-refractivity contribution in [3.05, 3.63) is 54.1 Å². The number of aliphatic hydroxyl groups is 6. The average molecular weight is 965 g/mol. The van der Waals surface area contributed by atoms with Crippen LogP contribution >= 0.6 is 0 Å². The number of allylic oxidation sites excluding steroid dienone is 1. The normalized spacial score (nSPS) is 24.0. The van der Waals surface area contributed by atoms with Crippen LogP contribution in [0, 0.1) is 0 Å². The Bertz CT molecular complexity index is 1880. The Balaban J connectivity index is 0. The van der Waals surface area contributed by atoms with Gasteiger partial charge in [-0.05, 0) is 18.9 Å². The van der Waals surface area contributed by atoms with Gasteiger partial charge in [0.05, 0.1) is 32.0 Å². The van der Waals surface area contributed by atoms with Gasteiger partial charge < -0.3 is 59.0 Å². The number of nitrogens with zero attached hydrogens (tertiary/aromatic N) is 2. The number of ether oxygens (including phenoxy) is 4. The molecule has 61 heavy (non-hydrogen) atoms. The van der Waals surface area contributed by atoms with E-state index in [9.17, 15) is 43.2 Å². The summed E-state index contributed by atoms with van der Waals surface area (Å²) >= 11 is 2.89. The molecule has 4 rings (SSSR count). The van der Waals surface area contributed by atoms with Crippen LogP contribution in [0.25, 0.3) is 0 Å². The maximum atomic E-state index is 12.0. The summed E-state index contributed by atoms with van der Waals surface area (Å²) in [5, 5.41) is 57.8. The molecule has 8 atom stereocenters. The fourth-order valence-corrected chi connectivity index (χ4v) is 4.69. The molecule has 21 nitrogen and oxygen atoms in total. The predicted octanol–water partition coefficient (Wildman–Crippen LogP) is -2.00. The van der Waals surface area contributed by atoms with Gasteiger partial charge in [-0.15, -0.1) is 0 Å². The number of alkyl halides is 3. The first-order valence-corrected chi connectivity index (χ1v) is 30.1. The number of aliphatic hydroxyl groups excluding tert-OH is 6. The molecule has 1 aromatic rings. The second-order valence-electron chi connectivity index (χ2n) is 12.0. The van der Waals surface area contributed by atoms with Crippen molar-refractivity contribution in [2.75, 3.05) is 26.4 Å². The summed E-state index contributed by atoms with van der Waals surface area (Å²) in [6.45, 7) is 3.98. The van der Waals surface area contributed by atoms with E-state index in [2.05, 4.69) is 0 Å². The molecule has 0 aliphatic carbocycles. The number of halogens is 3. The summed E-state index contributed by atoms with van der Waals surface area (Å²) in [5.74, 6) is -0.843. The Kier molecular flexibility index (Phi) is 31.5. The standard InChI is InChI=1S/C15H23NO6.C15H22NO6.CHF3O3S.CH4.2Na.O4S2/c2*1-2-3-7-21-15(20)10-5-4-6-16(8-10)14-13(19)12(18)11(9-17)22-14;2-1(3,4)8(5,6)7;;;;1-5(2)6(3)4/h4,6,8,11-14,17-19H,2-3,5,7,9H2,1H3;4-6,8,11-14,17-19H,2-3,7,9H2,1H3;(H,5,6,7);1H4;;;/q;+1;;;;;/p-1/t2*11-,12+,13?,14-;;;;;/m11...../s1. The molecule has 2 fully saturated rings. The van der Waals surface area contributed by atoms with Crippen LogP contribution in [-0.2, 0) is 52.4 Å². The van der Waals surface area contributed by atoms with E-state index in [0.29, 0.717) is 30.8 Å². The van der Waals surface area contributed by atoms with Crippen LogP contribution in [0.4, 0.5) is 13.2 Å². The number of hydrogen-bond donors (Lipinski definition) is 6. The van der Waals surface area contributed by atoms with Gasteiger partial charge in [-0.2, -0.15) is 34.6 Å². The molecular weight excluding hydrogens is 916 g/mol.